The van der Waals surface area contributed by atoms with Crippen molar-refractivity contribution in [3.63, 3.8) is 0 Å². The van der Waals surface area contributed by atoms with Crippen LogP contribution in [0.4, 0.5) is 0 Å². The molecule has 0 spiro atoms. The normalized spacial score (nSPS) is 10.0. The minimum atomic E-state index is 0.0551. The largest absolute Gasteiger partial charge is 0.491 e. The van der Waals surface area contributed by atoms with Crippen LogP contribution in [0, 0.1) is 6.92 Å². The van der Waals surface area contributed by atoms with Crippen molar-refractivity contribution >= 4 is 0 Å². The van der Waals surface area contributed by atoms with Gasteiger partial charge >= 0.3 is 0 Å². The number of benzene rings is 1. The average molecular weight is 179 g/mol. The van der Waals surface area contributed by atoms with Crippen LogP contribution in [-0.2, 0) is 6.42 Å². The number of aliphatic hydroxyl groups is 1. The second-order valence-corrected chi connectivity index (χ2v) is 2.82. The molecule has 0 aliphatic rings. The van der Waals surface area contributed by atoms with E-state index < -0.39 is 0 Å². The highest BCUT2D eigenvalue weighted by Gasteiger charge is 1.95. The lowest BCUT2D eigenvalue weighted by Crippen LogP contribution is -2.01. The molecule has 1 aromatic carbocycles. The molecule has 1 rings (SSSR count). The smallest absolute Gasteiger partial charge is 0.119 e. The minimum Gasteiger partial charge on any atom is -0.491 e. The predicted molar refractivity (Wildman–Crippen MR) is 52.7 cm³/mol. The van der Waals surface area contributed by atoms with E-state index in [0.717, 1.165) is 18.6 Å². The second kappa shape index (κ2) is 5.60. The Morgan fingerprint density at radius 2 is 2.23 bits per heavy atom. The van der Waals surface area contributed by atoms with Gasteiger partial charge in [-0.15, -0.1) is 0 Å². The third-order valence-corrected chi connectivity index (χ3v) is 1.72. The predicted octanol–water partition coefficient (Wildman–Crippen LogP) is 1.82. The third-order valence-electron chi connectivity index (χ3n) is 1.72. The van der Waals surface area contributed by atoms with E-state index in [1.807, 2.05) is 18.2 Å². The zero-order valence-electron chi connectivity index (χ0n) is 7.70. The standard InChI is InChI=1S/C11H15O2/c1-2-4-10-5-3-6-11(9-10)13-8-7-12/h3,5-6,9,12H,1-2,4,7-8H2. The molecule has 2 nitrogen and oxygen atoms in total. The van der Waals surface area contributed by atoms with E-state index in [9.17, 15) is 0 Å². The molecule has 0 bridgehead atoms. The molecule has 71 valence electrons. The summed E-state index contributed by atoms with van der Waals surface area (Å²) >= 11 is 0. The van der Waals surface area contributed by atoms with E-state index in [1.165, 1.54) is 5.56 Å². The molecule has 1 radical (unpaired) electrons. The molecule has 0 saturated carbocycles. The van der Waals surface area contributed by atoms with Crippen molar-refractivity contribution in [3.8, 4) is 5.75 Å². The third kappa shape index (κ3) is 3.47. The van der Waals surface area contributed by atoms with Crippen LogP contribution in [-0.4, -0.2) is 18.3 Å². The maximum absolute atomic E-state index is 8.57. The van der Waals surface area contributed by atoms with Crippen LogP contribution in [0.2, 0.25) is 0 Å². The first-order valence-corrected chi connectivity index (χ1v) is 4.48. The van der Waals surface area contributed by atoms with Gasteiger partial charge in [-0.05, 0) is 30.5 Å². The van der Waals surface area contributed by atoms with Crippen LogP contribution >= 0.6 is 0 Å². The topological polar surface area (TPSA) is 29.5 Å². The van der Waals surface area contributed by atoms with Crippen molar-refractivity contribution in [1.82, 2.24) is 0 Å². The van der Waals surface area contributed by atoms with Gasteiger partial charge in [0.1, 0.15) is 12.4 Å². The summed E-state index contributed by atoms with van der Waals surface area (Å²) in [4.78, 5) is 0. The summed E-state index contributed by atoms with van der Waals surface area (Å²) in [7, 11) is 0. The summed E-state index contributed by atoms with van der Waals surface area (Å²) in [5.74, 6) is 0.819. The molecule has 13 heavy (non-hydrogen) atoms. The van der Waals surface area contributed by atoms with Crippen LogP contribution < -0.4 is 4.74 Å². The quantitative estimate of drug-likeness (QED) is 0.747. The van der Waals surface area contributed by atoms with Crippen molar-refractivity contribution in [2.24, 2.45) is 0 Å². The van der Waals surface area contributed by atoms with Crippen molar-refractivity contribution in [3.05, 3.63) is 36.8 Å². The number of aryl methyl sites for hydroxylation is 1. The van der Waals surface area contributed by atoms with Gasteiger partial charge in [0.15, 0.2) is 0 Å². The van der Waals surface area contributed by atoms with Crippen molar-refractivity contribution < 1.29 is 9.84 Å². The Morgan fingerprint density at radius 3 is 2.92 bits per heavy atom. The first-order valence-electron chi connectivity index (χ1n) is 4.48. The molecule has 0 saturated heterocycles. The first-order chi connectivity index (χ1) is 6.36. The monoisotopic (exact) mass is 179 g/mol. The molecule has 1 aromatic rings. The maximum atomic E-state index is 8.57. The Balaban J connectivity index is 2.56. The molecule has 0 fully saturated rings. The summed E-state index contributed by atoms with van der Waals surface area (Å²) in [6.07, 6.45) is 1.86. The molecular formula is C11H15O2. The molecule has 0 aliphatic carbocycles. The van der Waals surface area contributed by atoms with Gasteiger partial charge < -0.3 is 9.84 Å². The zero-order valence-corrected chi connectivity index (χ0v) is 7.70. The number of rotatable bonds is 5. The maximum Gasteiger partial charge on any atom is 0.119 e. The fourth-order valence-corrected chi connectivity index (χ4v) is 1.16. The van der Waals surface area contributed by atoms with Crippen LogP contribution in [0.15, 0.2) is 24.3 Å². The average Bonchev–Trinajstić information content (AvgIpc) is 2.16. The van der Waals surface area contributed by atoms with E-state index in [0.29, 0.717) is 6.61 Å². The van der Waals surface area contributed by atoms with Crippen molar-refractivity contribution in [2.75, 3.05) is 13.2 Å². The van der Waals surface area contributed by atoms with Crippen molar-refractivity contribution in [1.29, 1.82) is 0 Å². The molecular weight excluding hydrogens is 164 g/mol. The lowest BCUT2D eigenvalue weighted by molar-refractivity contribution is 0.201. The van der Waals surface area contributed by atoms with Crippen LogP contribution in [0.5, 0.6) is 5.75 Å². The number of aliphatic hydroxyl groups excluding tert-OH is 1. The number of hydrogen-bond acceptors (Lipinski definition) is 2. The lowest BCUT2D eigenvalue weighted by Gasteiger charge is -2.05. The second-order valence-electron chi connectivity index (χ2n) is 2.82. The molecule has 0 unspecified atom stereocenters. The highest BCUT2D eigenvalue weighted by molar-refractivity contribution is 5.28. The van der Waals surface area contributed by atoms with Gasteiger partial charge in [-0.2, -0.15) is 0 Å². The van der Waals surface area contributed by atoms with Gasteiger partial charge in [0.2, 0.25) is 0 Å². The SMILES string of the molecule is [CH2]CCc1cccc(OCCO)c1. The Kier molecular flexibility index (Phi) is 4.33. The molecule has 0 atom stereocenters. The molecule has 0 aliphatic heterocycles. The highest BCUT2D eigenvalue weighted by atomic mass is 16.5. The van der Waals surface area contributed by atoms with E-state index in [-0.39, 0.29) is 6.61 Å². The summed E-state index contributed by atoms with van der Waals surface area (Å²) < 4.78 is 5.27. The van der Waals surface area contributed by atoms with E-state index >= 15 is 0 Å². The summed E-state index contributed by atoms with van der Waals surface area (Å²) in [6.45, 7) is 4.20. The van der Waals surface area contributed by atoms with E-state index in [1.54, 1.807) is 0 Å². The summed E-state index contributed by atoms with van der Waals surface area (Å²) in [5.41, 5.74) is 1.23. The molecule has 0 heterocycles. The number of hydrogen-bond donors (Lipinski definition) is 1. The Bertz CT molecular complexity index is 246. The van der Waals surface area contributed by atoms with Crippen LogP contribution in [0.3, 0.4) is 0 Å². The fraction of sp³-hybridized carbons (Fsp3) is 0.364. The summed E-state index contributed by atoms with van der Waals surface area (Å²) in [5, 5.41) is 8.57. The van der Waals surface area contributed by atoms with Gasteiger partial charge in [-0.1, -0.05) is 19.1 Å². The van der Waals surface area contributed by atoms with E-state index in [2.05, 4.69) is 13.0 Å². The minimum absolute atomic E-state index is 0.0551. The molecule has 2 heteroatoms. The first kappa shape index (κ1) is 10.1. The van der Waals surface area contributed by atoms with Gasteiger partial charge in [0.25, 0.3) is 0 Å². The fourth-order valence-electron chi connectivity index (χ4n) is 1.16. The Hall–Kier alpha value is -1.02. The summed E-state index contributed by atoms with van der Waals surface area (Å²) in [6, 6.07) is 7.89. The van der Waals surface area contributed by atoms with Gasteiger partial charge in [-0.3, -0.25) is 0 Å². The van der Waals surface area contributed by atoms with Gasteiger partial charge in [-0.25, -0.2) is 0 Å². The molecule has 0 aromatic heterocycles. The van der Waals surface area contributed by atoms with Crippen molar-refractivity contribution in [2.45, 2.75) is 12.8 Å². The van der Waals surface area contributed by atoms with E-state index in [4.69, 9.17) is 9.84 Å². The highest BCUT2D eigenvalue weighted by Crippen LogP contribution is 2.14. The zero-order chi connectivity index (χ0) is 9.52. The van der Waals surface area contributed by atoms with Gasteiger partial charge in [0.05, 0.1) is 6.61 Å². The molecule has 1 N–H and O–H groups in total. The van der Waals surface area contributed by atoms with Gasteiger partial charge in [0, 0.05) is 0 Å². The molecule has 0 amide bonds. The Morgan fingerprint density at radius 1 is 1.38 bits per heavy atom. The van der Waals surface area contributed by atoms with Crippen LogP contribution in [0.25, 0.3) is 0 Å². The van der Waals surface area contributed by atoms with Crippen LogP contribution in [0.1, 0.15) is 12.0 Å². The lowest BCUT2D eigenvalue weighted by atomic mass is 10.1. The Labute approximate surface area is 79.2 Å². The number of ether oxygens (including phenoxy) is 1.